The molecular formula is C21H36N4O4. The topological polar surface area (TPSA) is 82.2 Å². The molecule has 2 heterocycles. The van der Waals surface area contributed by atoms with Gasteiger partial charge in [0.05, 0.1) is 12.6 Å². The van der Waals surface area contributed by atoms with Crippen molar-refractivity contribution < 1.29 is 19.1 Å². The molecule has 0 bridgehead atoms. The van der Waals surface area contributed by atoms with Crippen molar-refractivity contribution >= 4 is 17.8 Å². The molecule has 3 fully saturated rings. The van der Waals surface area contributed by atoms with Gasteiger partial charge >= 0.3 is 6.03 Å². The highest BCUT2D eigenvalue weighted by Gasteiger charge is 2.49. The van der Waals surface area contributed by atoms with Crippen LogP contribution in [0.2, 0.25) is 0 Å². The number of amides is 4. The molecular weight excluding hydrogens is 372 g/mol. The molecule has 3 rings (SSSR count). The Labute approximate surface area is 173 Å². The van der Waals surface area contributed by atoms with Crippen LogP contribution in [-0.2, 0) is 14.3 Å². The molecule has 0 spiro atoms. The molecule has 164 valence electrons. The van der Waals surface area contributed by atoms with Crippen molar-refractivity contribution in [1.82, 2.24) is 20.0 Å². The molecule has 4 amide bonds. The van der Waals surface area contributed by atoms with Gasteiger partial charge < -0.3 is 24.8 Å². The number of rotatable bonds is 8. The molecule has 2 saturated heterocycles. The Balaban J connectivity index is 1.65. The number of piperazine rings is 1. The summed E-state index contributed by atoms with van der Waals surface area (Å²) in [6.07, 6.45) is 6.21. The van der Waals surface area contributed by atoms with Crippen LogP contribution in [-0.4, -0.2) is 90.6 Å². The number of hydrogen-bond donors (Lipinski definition) is 1. The van der Waals surface area contributed by atoms with Crippen LogP contribution in [0.1, 0.15) is 52.4 Å². The molecule has 8 heteroatoms. The predicted molar refractivity (Wildman–Crippen MR) is 109 cm³/mol. The molecule has 8 nitrogen and oxygen atoms in total. The van der Waals surface area contributed by atoms with Crippen LogP contribution in [0.3, 0.4) is 0 Å². The van der Waals surface area contributed by atoms with Crippen molar-refractivity contribution in [2.45, 2.75) is 70.5 Å². The Hall–Kier alpha value is -1.83. The zero-order valence-corrected chi connectivity index (χ0v) is 18.1. The second-order valence-corrected chi connectivity index (χ2v) is 9.05. The van der Waals surface area contributed by atoms with Gasteiger partial charge in [-0.3, -0.25) is 9.59 Å². The third kappa shape index (κ3) is 5.21. The lowest BCUT2D eigenvalue weighted by Crippen LogP contribution is -2.61. The Bertz CT molecular complexity index is 605. The number of nitrogens with zero attached hydrogens (tertiary/aromatic N) is 3. The molecule has 1 saturated carbocycles. The Morgan fingerprint density at radius 3 is 2.48 bits per heavy atom. The van der Waals surface area contributed by atoms with Crippen LogP contribution in [0.25, 0.3) is 0 Å². The number of ether oxygens (including phenoxy) is 1. The van der Waals surface area contributed by atoms with Crippen molar-refractivity contribution in [3.8, 4) is 0 Å². The highest BCUT2D eigenvalue weighted by Crippen LogP contribution is 2.29. The second-order valence-electron chi connectivity index (χ2n) is 9.05. The SMILES string of the molecule is COCCN1C[C@H]2CN(CC(=O)NC3CCCCC3)C(=O)N2[C@@H](CC(C)C)C1=O. The first-order valence-electron chi connectivity index (χ1n) is 11.0. The number of fused-ring (bicyclic) bond motifs is 1. The average Bonchev–Trinajstić information content (AvgIpc) is 2.98. The number of carbonyl (C=O) groups excluding carboxylic acids is 3. The largest absolute Gasteiger partial charge is 0.383 e. The molecule has 0 aromatic rings. The van der Waals surface area contributed by atoms with Gasteiger partial charge in [0, 0.05) is 32.8 Å². The van der Waals surface area contributed by atoms with Crippen LogP contribution in [0, 0.1) is 5.92 Å². The molecule has 1 aliphatic carbocycles. The molecule has 1 N–H and O–H groups in total. The first kappa shape index (κ1) is 21.9. The Morgan fingerprint density at radius 1 is 1.14 bits per heavy atom. The summed E-state index contributed by atoms with van der Waals surface area (Å²) in [6.45, 7) is 6.20. The molecule has 0 radical (unpaired) electrons. The molecule has 0 aromatic carbocycles. The van der Waals surface area contributed by atoms with Gasteiger partial charge in [-0.05, 0) is 25.2 Å². The van der Waals surface area contributed by atoms with Gasteiger partial charge in [0.15, 0.2) is 0 Å². The maximum atomic E-state index is 13.1. The molecule has 29 heavy (non-hydrogen) atoms. The number of methoxy groups -OCH3 is 1. The lowest BCUT2D eigenvalue weighted by atomic mass is 9.95. The van der Waals surface area contributed by atoms with Gasteiger partial charge in [0.2, 0.25) is 11.8 Å². The monoisotopic (exact) mass is 408 g/mol. The fourth-order valence-electron chi connectivity index (χ4n) is 4.84. The van der Waals surface area contributed by atoms with Gasteiger partial charge in [0.1, 0.15) is 12.6 Å². The smallest absolute Gasteiger partial charge is 0.321 e. The van der Waals surface area contributed by atoms with Crippen molar-refractivity contribution in [1.29, 1.82) is 0 Å². The van der Waals surface area contributed by atoms with Gasteiger partial charge in [-0.1, -0.05) is 33.1 Å². The van der Waals surface area contributed by atoms with Crippen LogP contribution >= 0.6 is 0 Å². The average molecular weight is 409 g/mol. The summed E-state index contributed by atoms with van der Waals surface area (Å²) in [4.78, 5) is 43.8. The van der Waals surface area contributed by atoms with Crippen molar-refractivity contribution in [2.75, 3.05) is 39.9 Å². The van der Waals surface area contributed by atoms with E-state index in [1.807, 2.05) is 4.90 Å². The second kappa shape index (κ2) is 9.78. The zero-order valence-electron chi connectivity index (χ0n) is 18.1. The molecule has 2 aliphatic heterocycles. The van der Waals surface area contributed by atoms with E-state index in [1.165, 1.54) is 6.42 Å². The summed E-state index contributed by atoms with van der Waals surface area (Å²) < 4.78 is 5.15. The van der Waals surface area contributed by atoms with Crippen LogP contribution < -0.4 is 5.32 Å². The predicted octanol–water partition coefficient (Wildman–Crippen LogP) is 1.44. The zero-order chi connectivity index (χ0) is 21.0. The normalized spacial score (nSPS) is 25.7. The van der Waals surface area contributed by atoms with Gasteiger partial charge in [0.25, 0.3) is 0 Å². The third-order valence-electron chi connectivity index (χ3n) is 6.24. The van der Waals surface area contributed by atoms with Crippen LogP contribution in [0.5, 0.6) is 0 Å². The highest BCUT2D eigenvalue weighted by atomic mass is 16.5. The molecule has 0 unspecified atom stereocenters. The fourth-order valence-corrected chi connectivity index (χ4v) is 4.84. The third-order valence-corrected chi connectivity index (χ3v) is 6.24. The van der Waals surface area contributed by atoms with Gasteiger partial charge in [-0.25, -0.2) is 4.79 Å². The molecule has 0 aromatic heterocycles. The number of nitrogens with one attached hydrogen (secondary N) is 1. The van der Waals surface area contributed by atoms with E-state index < -0.39 is 6.04 Å². The summed E-state index contributed by atoms with van der Waals surface area (Å²) >= 11 is 0. The van der Waals surface area contributed by atoms with Crippen LogP contribution in [0.15, 0.2) is 0 Å². The summed E-state index contributed by atoms with van der Waals surface area (Å²) in [6, 6.07) is -0.469. The molecule has 3 aliphatic rings. The summed E-state index contributed by atoms with van der Waals surface area (Å²) in [5.41, 5.74) is 0. The van der Waals surface area contributed by atoms with E-state index in [9.17, 15) is 14.4 Å². The first-order chi connectivity index (χ1) is 13.9. The van der Waals surface area contributed by atoms with E-state index in [0.717, 1.165) is 25.7 Å². The first-order valence-corrected chi connectivity index (χ1v) is 11.0. The van der Waals surface area contributed by atoms with E-state index in [0.29, 0.717) is 38.6 Å². The minimum atomic E-state index is -0.454. The van der Waals surface area contributed by atoms with Gasteiger partial charge in [-0.15, -0.1) is 0 Å². The Kier molecular flexibility index (Phi) is 7.38. The maximum absolute atomic E-state index is 13.1. The minimum absolute atomic E-state index is 0.00569. The standard InChI is InChI=1S/C21H36N4O4/c1-15(2)11-18-20(27)23(9-10-29-3)12-17-13-24(21(28)25(17)18)14-19(26)22-16-7-5-4-6-8-16/h15-18H,4-14H2,1-3H3,(H,22,26)/t17-,18-/m0/s1. The van der Waals surface area contributed by atoms with Crippen molar-refractivity contribution in [2.24, 2.45) is 5.92 Å². The maximum Gasteiger partial charge on any atom is 0.321 e. The Morgan fingerprint density at radius 2 is 1.83 bits per heavy atom. The fraction of sp³-hybridized carbons (Fsp3) is 0.857. The lowest BCUT2D eigenvalue weighted by molar-refractivity contribution is -0.143. The van der Waals surface area contributed by atoms with Crippen molar-refractivity contribution in [3.63, 3.8) is 0 Å². The highest BCUT2D eigenvalue weighted by molar-refractivity contribution is 5.92. The summed E-state index contributed by atoms with van der Waals surface area (Å²) in [7, 11) is 1.62. The van der Waals surface area contributed by atoms with E-state index in [-0.39, 0.29) is 36.5 Å². The quantitative estimate of drug-likeness (QED) is 0.659. The van der Waals surface area contributed by atoms with E-state index >= 15 is 0 Å². The minimum Gasteiger partial charge on any atom is -0.383 e. The lowest BCUT2D eigenvalue weighted by Gasteiger charge is -2.42. The van der Waals surface area contributed by atoms with E-state index in [1.54, 1.807) is 16.9 Å². The number of urea groups is 1. The number of hydrogen-bond acceptors (Lipinski definition) is 4. The van der Waals surface area contributed by atoms with Crippen LogP contribution in [0.4, 0.5) is 4.79 Å². The van der Waals surface area contributed by atoms with Crippen molar-refractivity contribution in [3.05, 3.63) is 0 Å². The summed E-state index contributed by atoms with van der Waals surface area (Å²) in [5, 5.41) is 3.09. The summed E-state index contributed by atoms with van der Waals surface area (Å²) in [5.74, 6) is 0.199. The van der Waals surface area contributed by atoms with E-state index in [4.69, 9.17) is 4.74 Å². The van der Waals surface area contributed by atoms with E-state index in [2.05, 4.69) is 19.2 Å². The number of carbonyl (C=O) groups is 3. The van der Waals surface area contributed by atoms with Gasteiger partial charge in [-0.2, -0.15) is 0 Å². The molecule has 2 atom stereocenters.